The summed E-state index contributed by atoms with van der Waals surface area (Å²) in [5, 5.41) is 5.84. The Balaban J connectivity index is 1.49. The molecule has 2 amide bonds. The topological polar surface area (TPSA) is 84.2 Å². The SMILES string of the molecule is NCCNC(=O)c1ccccc1NC(=O)C1C2CC3CC(C2)CC1C3. The number of anilines is 1. The van der Waals surface area contributed by atoms with Gasteiger partial charge in [-0.3, -0.25) is 9.59 Å². The van der Waals surface area contributed by atoms with Gasteiger partial charge in [0.1, 0.15) is 0 Å². The largest absolute Gasteiger partial charge is 0.351 e. The summed E-state index contributed by atoms with van der Waals surface area (Å²) in [6.45, 7) is 0.824. The third-order valence-electron chi connectivity index (χ3n) is 6.39. The molecule has 4 aliphatic rings. The van der Waals surface area contributed by atoms with Gasteiger partial charge in [-0.2, -0.15) is 0 Å². The monoisotopic (exact) mass is 341 g/mol. The molecule has 25 heavy (non-hydrogen) atoms. The van der Waals surface area contributed by atoms with Crippen molar-refractivity contribution >= 4 is 17.5 Å². The van der Waals surface area contributed by atoms with Gasteiger partial charge < -0.3 is 16.4 Å². The zero-order valence-corrected chi connectivity index (χ0v) is 14.5. The van der Waals surface area contributed by atoms with Crippen molar-refractivity contribution in [3.63, 3.8) is 0 Å². The van der Waals surface area contributed by atoms with E-state index in [9.17, 15) is 9.59 Å². The van der Waals surface area contributed by atoms with E-state index < -0.39 is 0 Å². The second kappa shape index (κ2) is 6.79. The number of nitrogens with one attached hydrogen (secondary N) is 2. The summed E-state index contributed by atoms with van der Waals surface area (Å²) in [5.41, 5.74) is 6.57. The molecule has 5 heteroatoms. The summed E-state index contributed by atoms with van der Waals surface area (Å²) in [7, 11) is 0. The van der Waals surface area contributed by atoms with Gasteiger partial charge in [0, 0.05) is 19.0 Å². The average Bonchev–Trinajstić information content (AvgIpc) is 2.59. The van der Waals surface area contributed by atoms with E-state index in [1.807, 2.05) is 18.2 Å². The third-order valence-corrected chi connectivity index (χ3v) is 6.39. The van der Waals surface area contributed by atoms with Gasteiger partial charge in [-0.15, -0.1) is 0 Å². The lowest BCUT2D eigenvalue weighted by molar-refractivity contribution is -0.132. The zero-order valence-electron chi connectivity index (χ0n) is 14.5. The Kier molecular flexibility index (Phi) is 4.50. The summed E-state index contributed by atoms with van der Waals surface area (Å²) >= 11 is 0. The Bertz CT molecular complexity index is 645. The van der Waals surface area contributed by atoms with E-state index in [1.165, 1.54) is 32.1 Å². The smallest absolute Gasteiger partial charge is 0.253 e. The summed E-state index contributed by atoms with van der Waals surface area (Å²) in [5.74, 6) is 2.80. The van der Waals surface area contributed by atoms with E-state index in [-0.39, 0.29) is 17.7 Å². The number of carbonyl (C=O) groups excluding carboxylic acids is 2. The summed E-state index contributed by atoms with van der Waals surface area (Å²) in [4.78, 5) is 25.3. The van der Waals surface area contributed by atoms with Gasteiger partial charge in [0.05, 0.1) is 11.3 Å². The van der Waals surface area contributed by atoms with E-state index in [1.54, 1.807) is 6.07 Å². The Morgan fingerprint density at radius 2 is 1.64 bits per heavy atom. The van der Waals surface area contributed by atoms with Crippen molar-refractivity contribution in [2.75, 3.05) is 18.4 Å². The van der Waals surface area contributed by atoms with Crippen LogP contribution in [0.5, 0.6) is 0 Å². The maximum atomic E-state index is 13.0. The highest BCUT2D eigenvalue weighted by molar-refractivity contribution is 6.04. The molecule has 4 saturated carbocycles. The lowest BCUT2D eigenvalue weighted by atomic mass is 9.51. The summed E-state index contributed by atoms with van der Waals surface area (Å²) in [6.07, 6.45) is 6.23. The van der Waals surface area contributed by atoms with Crippen LogP contribution >= 0.6 is 0 Å². The van der Waals surface area contributed by atoms with Crippen molar-refractivity contribution in [2.24, 2.45) is 35.3 Å². The van der Waals surface area contributed by atoms with E-state index in [2.05, 4.69) is 10.6 Å². The molecular weight excluding hydrogens is 314 g/mol. The number of hydrogen-bond acceptors (Lipinski definition) is 3. The minimum atomic E-state index is -0.188. The first kappa shape index (κ1) is 16.6. The fraction of sp³-hybridized carbons (Fsp3) is 0.600. The van der Waals surface area contributed by atoms with Gasteiger partial charge in [-0.05, 0) is 67.9 Å². The molecule has 0 heterocycles. The normalized spacial score (nSPS) is 32.4. The third kappa shape index (κ3) is 3.17. The quantitative estimate of drug-likeness (QED) is 0.769. The summed E-state index contributed by atoms with van der Waals surface area (Å²) in [6, 6.07) is 7.23. The molecule has 0 aliphatic heterocycles. The molecule has 5 rings (SSSR count). The number of carbonyl (C=O) groups is 2. The number of para-hydroxylation sites is 1. The van der Waals surface area contributed by atoms with Gasteiger partial charge in [0.2, 0.25) is 5.91 Å². The van der Waals surface area contributed by atoms with Crippen LogP contribution in [0.2, 0.25) is 0 Å². The van der Waals surface area contributed by atoms with Crippen LogP contribution in [-0.4, -0.2) is 24.9 Å². The standard InChI is InChI=1S/C20H27N3O2/c21-5-6-22-19(24)16-3-1-2-4-17(16)23-20(25)18-14-8-12-7-13(10-14)11-15(18)9-12/h1-4,12-15,18H,5-11,21H2,(H,22,24)(H,23,25). The predicted octanol–water partition coefficient (Wildman–Crippen LogP) is 2.39. The number of benzene rings is 1. The fourth-order valence-electron chi connectivity index (χ4n) is 5.64. The molecule has 4 fully saturated rings. The van der Waals surface area contributed by atoms with Crippen molar-refractivity contribution in [3.05, 3.63) is 29.8 Å². The van der Waals surface area contributed by atoms with Gasteiger partial charge in [0.25, 0.3) is 5.91 Å². The van der Waals surface area contributed by atoms with Crippen LogP contribution in [0.15, 0.2) is 24.3 Å². The minimum absolute atomic E-state index is 0.105. The summed E-state index contributed by atoms with van der Waals surface area (Å²) < 4.78 is 0. The van der Waals surface area contributed by atoms with Crippen LogP contribution in [0.1, 0.15) is 42.5 Å². The second-order valence-electron chi connectivity index (χ2n) is 8.04. The van der Waals surface area contributed by atoms with Crippen molar-refractivity contribution in [3.8, 4) is 0 Å². The molecule has 0 spiro atoms. The van der Waals surface area contributed by atoms with Gasteiger partial charge in [0.15, 0.2) is 0 Å². The van der Waals surface area contributed by atoms with Crippen molar-refractivity contribution in [1.29, 1.82) is 0 Å². The van der Waals surface area contributed by atoms with Gasteiger partial charge >= 0.3 is 0 Å². The molecule has 0 saturated heterocycles. The number of amides is 2. The van der Waals surface area contributed by atoms with Crippen molar-refractivity contribution in [2.45, 2.75) is 32.1 Å². The van der Waals surface area contributed by atoms with Gasteiger partial charge in [-0.1, -0.05) is 12.1 Å². The van der Waals surface area contributed by atoms with Crippen molar-refractivity contribution < 1.29 is 9.59 Å². The van der Waals surface area contributed by atoms with Crippen LogP contribution in [0.4, 0.5) is 5.69 Å². The lowest BCUT2D eigenvalue weighted by Crippen LogP contribution is -2.49. The lowest BCUT2D eigenvalue weighted by Gasteiger charge is -2.53. The molecule has 5 nitrogen and oxygen atoms in total. The van der Waals surface area contributed by atoms with Crippen LogP contribution in [0, 0.1) is 29.6 Å². The Labute approximate surface area is 148 Å². The molecule has 0 atom stereocenters. The maximum absolute atomic E-state index is 13.0. The Morgan fingerprint density at radius 1 is 1.00 bits per heavy atom. The highest BCUT2D eigenvalue weighted by atomic mass is 16.2. The Hall–Kier alpha value is -1.88. The molecule has 4 aliphatic carbocycles. The van der Waals surface area contributed by atoms with Crippen LogP contribution in [-0.2, 0) is 4.79 Å². The minimum Gasteiger partial charge on any atom is -0.351 e. The molecule has 0 radical (unpaired) electrons. The second-order valence-corrected chi connectivity index (χ2v) is 8.04. The molecule has 4 bridgehead atoms. The first-order valence-electron chi connectivity index (χ1n) is 9.54. The maximum Gasteiger partial charge on any atom is 0.253 e. The molecule has 4 N–H and O–H groups in total. The Morgan fingerprint density at radius 3 is 2.28 bits per heavy atom. The van der Waals surface area contributed by atoms with Crippen LogP contribution < -0.4 is 16.4 Å². The molecule has 1 aromatic rings. The highest BCUT2D eigenvalue weighted by Gasteiger charge is 2.50. The van der Waals surface area contributed by atoms with Crippen LogP contribution in [0.25, 0.3) is 0 Å². The number of nitrogens with two attached hydrogens (primary N) is 1. The van der Waals surface area contributed by atoms with E-state index in [4.69, 9.17) is 5.73 Å². The van der Waals surface area contributed by atoms with Crippen LogP contribution in [0.3, 0.4) is 0 Å². The fourth-order valence-corrected chi connectivity index (χ4v) is 5.64. The molecular formula is C20H27N3O2. The van der Waals surface area contributed by atoms with Gasteiger partial charge in [-0.25, -0.2) is 0 Å². The zero-order chi connectivity index (χ0) is 17.4. The first-order chi connectivity index (χ1) is 12.2. The molecule has 0 unspecified atom stereocenters. The predicted molar refractivity (Wildman–Crippen MR) is 97.0 cm³/mol. The number of hydrogen-bond donors (Lipinski definition) is 3. The van der Waals surface area contributed by atoms with E-state index in [0.717, 1.165) is 11.8 Å². The first-order valence-corrected chi connectivity index (χ1v) is 9.54. The molecule has 134 valence electrons. The number of rotatable bonds is 5. The average molecular weight is 341 g/mol. The molecule has 0 aromatic heterocycles. The van der Waals surface area contributed by atoms with E-state index in [0.29, 0.717) is 36.2 Å². The van der Waals surface area contributed by atoms with Crippen molar-refractivity contribution in [1.82, 2.24) is 5.32 Å². The highest BCUT2D eigenvalue weighted by Crippen LogP contribution is 2.56. The van der Waals surface area contributed by atoms with E-state index >= 15 is 0 Å². The molecule has 1 aromatic carbocycles.